The summed E-state index contributed by atoms with van der Waals surface area (Å²) in [7, 11) is 1.60. The molecule has 8 heteroatoms. The molecule has 1 fully saturated rings. The van der Waals surface area contributed by atoms with E-state index in [1.54, 1.807) is 19.4 Å². The number of nitrogens with zero attached hydrogens (tertiary/aromatic N) is 4. The average Bonchev–Trinajstić information content (AvgIpc) is 3.02. The van der Waals surface area contributed by atoms with E-state index in [0.29, 0.717) is 11.8 Å². The highest BCUT2D eigenvalue weighted by Gasteiger charge is 2.21. The molecule has 2 N–H and O–H groups in total. The number of ether oxygens (including phenoxy) is 1. The quantitative estimate of drug-likeness (QED) is 0.746. The molecule has 1 saturated heterocycles. The third-order valence-electron chi connectivity index (χ3n) is 4.26. The summed E-state index contributed by atoms with van der Waals surface area (Å²) in [4.78, 5) is 30.4. The van der Waals surface area contributed by atoms with Crippen LogP contribution in [0.5, 0.6) is 5.88 Å². The molecule has 124 valence electrons. The summed E-state index contributed by atoms with van der Waals surface area (Å²) < 4.78 is 5.16. The van der Waals surface area contributed by atoms with Gasteiger partial charge in [0.1, 0.15) is 0 Å². The first-order valence-corrected chi connectivity index (χ1v) is 7.82. The molecular weight excluding hydrogens is 308 g/mol. The summed E-state index contributed by atoms with van der Waals surface area (Å²) in [5, 5.41) is 0. The summed E-state index contributed by atoms with van der Waals surface area (Å²) in [6, 6.07) is 7.63. The van der Waals surface area contributed by atoms with Crippen LogP contribution >= 0.6 is 0 Å². The summed E-state index contributed by atoms with van der Waals surface area (Å²) in [5.41, 5.74) is 2.54. The highest BCUT2D eigenvalue weighted by atomic mass is 16.5. The monoisotopic (exact) mass is 326 g/mol. The zero-order valence-corrected chi connectivity index (χ0v) is 13.3. The van der Waals surface area contributed by atoms with Gasteiger partial charge in [-0.1, -0.05) is 6.07 Å². The van der Waals surface area contributed by atoms with Gasteiger partial charge in [-0.3, -0.25) is 0 Å². The molecule has 0 bridgehead atoms. The number of aromatic nitrogens is 4. The van der Waals surface area contributed by atoms with Gasteiger partial charge in [-0.25, -0.2) is 9.78 Å². The smallest absolute Gasteiger partial charge is 0.323 e. The predicted octanol–water partition coefficient (Wildman–Crippen LogP) is 0.981. The molecule has 24 heavy (non-hydrogen) atoms. The molecule has 0 unspecified atom stereocenters. The maximum absolute atomic E-state index is 11.6. The lowest BCUT2D eigenvalue weighted by atomic mass is 10.2. The fourth-order valence-electron chi connectivity index (χ4n) is 3.05. The van der Waals surface area contributed by atoms with Crippen molar-refractivity contribution in [2.75, 3.05) is 43.1 Å². The lowest BCUT2D eigenvalue weighted by molar-refractivity contribution is 0.396. The third-order valence-corrected chi connectivity index (χ3v) is 4.26. The first-order valence-electron chi connectivity index (χ1n) is 7.82. The zero-order chi connectivity index (χ0) is 16.5. The van der Waals surface area contributed by atoms with E-state index in [0.717, 1.165) is 42.9 Å². The maximum Gasteiger partial charge on any atom is 0.323 e. The van der Waals surface area contributed by atoms with Crippen LogP contribution < -0.4 is 20.2 Å². The number of benzene rings is 1. The van der Waals surface area contributed by atoms with Gasteiger partial charge in [0.25, 0.3) is 0 Å². The van der Waals surface area contributed by atoms with Crippen LogP contribution in [0.2, 0.25) is 0 Å². The number of fused-ring (bicyclic) bond motifs is 1. The fraction of sp³-hybridized carbons (Fsp3) is 0.312. The number of hydrogen-bond acceptors (Lipinski definition) is 6. The molecule has 0 saturated carbocycles. The number of hydrogen-bond donors (Lipinski definition) is 2. The Bertz CT molecular complexity index is 910. The number of para-hydroxylation sites is 1. The van der Waals surface area contributed by atoms with Crippen molar-refractivity contribution in [2.45, 2.75) is 0 Å². The Kier molecular flexibility index (Phi) is 3.56. The van der Waals surface area contributed by atoms with Crippen molar-refractivity contribution in [3.8, 4) is 5.88 Å². The van der Waals surface area contributed by atoms with Crippen LogP contribution in [0.1, 0.15) is 0 Å². The van der Waals surface area contributed by atoms with E-state index < -0.39 is 0 Å². The van der Waals surface area contributed by atoms with Crippen molar-refractivity contribution < 1.29 is 4.74 Å². The van der Waals surface area contributed by atoms with E-state index in [-0.39, 0.29) is 5.69 Å². The van der Waals surface area contributed by atoms with Crippen LogP contribution in [-0.2, 0) is 0 Å². The van der Waals surface area contributed by atoms with Crippen molar-refractivity contribution >= 4 is 22.7 Å². The van der Waals surface area contributed by atoms with E-state index in [9.17, 15) is 4.79 Å². The minimum absolute atomic E-state index is 0.180. The van der Waals surface area contributed by atoms with Crippen molar-refractivity contribution in [3.63, 3.8) is 0 Å². The summed E-state index contributed by atoms with van der Waals surface area (Å²) in [6.07, 6.45) is 1.71. The molecule has 4 rings (SSSR count). The number of anilines is 2. The fourth-order valence-corrected chi connectivity index (χ4v) is 3.05. The second-order valence-corrected chi connectivity index (χ2v) is 5.65. The Morgan fingerprint density at radius 2 is 1.88 bits per heavy atom. The van der Waals surface area contributed by atoms with Crippen LogP contribution in [-0.4, -0.2) is 53.2 Å². The Morgan fingerprint density at radius 1 is 1.08 bits per heavy atom. The molecule has 0 atom stereocenters. The van der Waals surface area contributed by atoms with E-state index in [2.05, 4.69) is 29.7 Å². The Labute approximate surface area is 138 Å². The van der Waals surface area contributed by atoms with Gasteiger partial charge in [0.2, 0.25) is 11.8 Å². The standard InChI is InChI=1S/C16H18N6O2/c1-24-13-5-6-17-15(19-13)22-9-7-21(8-10-22)12-4-2-3-11-14(12)20-16(23)18-11/h2-6H,7-10H2,1H3,(H2,18,20,23). The van der Waals surface area contributed by atoms with Crippen molar-refractivity contribution in [3.05, 3.63) is 40.9 Å². The number of H-pyrrole nitrogens is 2. The van der Waals surface area contributed by atoms with Crippen molar-refractivity contribution in [1.82, 2.24) is 19.9 Å². The van der Waals surface area contributed by atoms with Gasteiger partial charge >= 0.3 is 5.69 Å². The molecule has 3 aromatic rings. The van der Waals surface area contributed by atoms with E-state index in [1.807, 2.05) is 18.2 Å². The Balaban J connectivity index is 1.54. The number of methoxy groups -OCH3 is 1. The first-order chi connectivity index (χ1) is 11.7. The van der Waals surface area contributed by atoms with Gasteiger partial charge in [-0.2, -0.15) is 4.98 Å². The molecule has 0 spiro atoms. The lowest BCUT2D eigenvalue weighted by Gasteiger charge is -2.36. The molecular formula is C16H18N6O2. The topological polar surface area (TPSA) is 90.1 Å². The average molecular weight is 326 g/mol. The first kappa shape index (κ1) is 14.6. The minimum Gasteiger partial charge on any atom is -0.481 e. The van der Waals surface area contributed by atoms with Gasteiger partial charge in [-0.05, 0) is 12.1 Å². The number of aromatic amines is 2. The molecule has 0 radical (unpaired) electrons. The number of piperazine rings is 1. The van der Waals surface area contributed by atoms with Gasteiger partial charge in [0.15, 0.2) is 0 Å². The zero-order valence-electron chi connectivity index (χ0n) is 13.3. The van der Waals surface area contributed by atoms with Gasteiger partial charge in [-0.15, -0.1) is 0 Å². The normalized spacial score (nSPS) is 15.0. The molecule has 1 aromatic carbocycles. The largest absolute Gasteiger partial charge is 0.481 e. The number of rotatable bonds is 3. The van der Waals surface area contributed by atoms with Crippen LogP contribution in [0, 0.1) is 0 Å². The number of nitrogens with one attached hydrogen (secondary N) is 2. The van der Waals surface area contributed by atoms with Crippen LogP contribution in [0.3, 0.4) is 0 Å². The van der Waals surface area contributed by atoms with Crippen LogP contribution in [0.15, 0.2) is 35.3 Å². The second kappa shape index (κ2) is 5.88. The molecule has 1 aliphatic rings. The van der Waals surface area contributed by atoms with Crippen LogP contribution in [0.4, 0.5) is 11.6 Å². The predicted molar refractivity (Wildman–Crippen MR) is 91.9 cm³/mol. The highest BCUT2D eigenvalue weighted by molar-refractivity contribution is 5.88. The SMILES string of the molecule is COc1ccnc(N2CCN(c3cccc4[nH]c(=O)[nH]c34)CC2)n1. The Morgan fingerprint density at radius 3 is 2.67 bits per heavy atom. The summed E-state index contributed by atoms with van der Waals surface area (Å²) >= 11 is 0. The minimum atomic E-state index is -0.180. The summed E-state index contributed by atoms with van der Waals surface area (Å²) in [6.45, 7) is 3.26. The third kappa shape index (κ3) is 2.55. The summed E-state index contributed by atoms with van der Waals surface area (Å²) in [5.74, 6) is 1.25. The van der Waals surface area contributed by atoms with Gasteiger partial charge in [0.05, 0.1) is 23.8 Å². The van der Waals surface area contributed by atoms with E-state index >= 15 is 0 Å². The van der Waals surface area contributed by atoms with Crippen LogP contribution in [0.25, 0.3) is 11.0 Å². The number of imidazole rings is 1. The van der Waals surface area contributed by atoms with Crippen molar-refractivity contribution in [1.29, 1.82) is 0 Å². The molecule has 8 nitrogen and oxygen atoms in total. The Hall–Kier alpha value is -3.03. The molecule has 0 amide bonds. The second-order valence-electron chi connectivity index (χ2n) is 5.65. The highest BCUT2D eigenvalue weighted by Crippen LogP contribution is 2.25. The maximum atomic E-state index is 11.6. The van der Waals surface area contributed by atoms with Gasteiger partial charge < -0.3 is 24.5 Å². The lowest BCUT2D eigenvalue weighted by Crippen LogP contribution is -2.47. The van der Waals surface area contributed by atoms with E-state index in [4.69, 9.17) is 4.74 Å². The van der Waals surface area contributed by atoms with E-state index in [1.165, 1.54) is 0 Å². The molecule has 1 aliphatic heterocycles. The van der Waals surface area contributed by atoms with Crippen molar-refractivity contribution in [2.24, 2.45) is 0 Å². The van der Waals surface area contributed by atoms with Gasteiger partial charge in [0, 0.05) is 38.4 Å². The molecule has 0 aliphatic carbocycles. The molecule has 2 aromatic heterocycles. The molecule has 3 heterocycles.